The normalized spacial score (nSPS) is 23.5. The lowest BCUT2D eigenvalue weighted by Crippen LogP contribution is -2.55. The molecular weight excluding hydrogens is 530 g/mol. The van der Waals surface area contributed by atoms with Gasteiger partial charge < -0.3 is 19.7 Å². The number of nitrogens with one attached hydrogen (secondary N) is 2. The van der Waals surface area contributed by atoms with E-state index in [0.29, 0.717) is 37.5 Å². The first kappa shape index (κ1) is 29.5. The Morgan fingerprint density at radius 2 is 1.64 bits per heavy atom. The molecule has 1 fully saturated rings. The van der Waals surface area contributed by atoms with Gasteiger partial charge in [-0.05, 0) is 66.6 Å². The topological polar surface area (TPSA) is 112 Å². The van der Waals surface area contributed by atoms with E-state index in [4.69, 9.17) is 19.6 Å². The number of amides is 1. The van der Waals surface area contributed by atoms with Crippen molar-refractivity contribution in [2.45, 2.75) is 62.3 Å². The van der Waals surface area contributed by atoms with Crippen molar-refractivity contribution in [3.63, 3.8) is 0 Å². The molecule has 0 aromatic heterocycles. The van der Waals surface area contributed by atoms with Crippen molar-refractivity contribution in [1.82, 2.24) is 10.9 Å². The van der Waals surface area contributed by atoms with Gasteiger partial charge in [-0.3, -0.25) is 10.2 Å². The first-order valence-electron chi connectivity index (χ1n) is 14.6. The van der Waals surface area contributed by atoms with Crippen LogP contribution >= 0.6 is 0 Å². The molecule has 1 saturated carbocycles. The third-order valence-electron chi connectivity index (χ3n) is 7.89. The Balaban J connectivity index is 1.43. The summed E-state index contributed by atoms with van der Waals surface area (Å²) in [6.07, 6.45) is 4.50. The SMILES string of the molecule is C=CC[C@]1(C(=O)NNC2CCC(O)CC2)N=C(c2ccc(OCCCO)cc2)O[C@H]1c1ccc(-c2ccccc2)cc1. The van der Waals surface area contributed by atoms with Gasteiger partial charge in [0.05, 0.1) is 12.7 Å². The Labute approximate surface area is 247 Å². The summed E-state index contributed by atoms with van der Waals surface area (Å²) in [5.41, 5.74) is 8.56. The van der Waals surface area contributed by atoms with Gasteiger partial charge in [-0.15, -0.1) is 6.58 Å². The monoisotopic (exact) mass is 569 g/mol. The summed E-state index contributed by atoms with van der Waals surface area (Å²) in [7, 11) is 0. The van der Waals surface area contributed by atoms with Gasteiger partial charge in [-0.25, -0.2) is 10.4 Å². The molecule has 220 valence electrons. The summed E-state index contributed by atoms with van der Waals surface area (Å²) in [6.45, 7) is 4.44. The minimum absolute atomic E-state index is 0.0709. The van der Waals surface area contributed by atoms with Crippen molar-refractivity contribution >= 4 is 11.8 Å². The lowest BCUT2D eigenvalue weighted by molar-refractivity contribution is -0.130. The van der Waals surface area contributed by atoms with E-state index in [2.05, 4.69) is 29.6 Å². The summed E-state index contributed by atoms with van der Waals surface area (Å²) >= 11 is 0. The van der Waals surface area contributed by atoms with Crippen molar-refractivity contribution in [2.75, 3.05) is 13.2 Å². The number of aliphatic hydroxyl groups is 2. The molecule has 4 N–H and O–H groups in total. The second kappa shape index (κ2) is 13.8. The molecule has 8 heteroatoms. The maximum Gasteiger partial charge on any atom is 0.266 e. The second-order valence-corrected chi connectivity index (χ2v) is 10.9. The van der Waals surface area contributed by atoms with Crippen LogP contribution in [0.25, 0.3) is 11.1 Å². The van der Waals surface area contributed by atoms with E-state index < -0.39 is 11.6 Å². The van der Waals surface area contributed by atoms with E-state index in [1.165, 1.54) is 0 Å². The zero-order valence-corrected chi connectivity index (χ0v) is 23.7. The van der Waals surface area contributed by atoms with E-state index in [1.807, 2.05) is 66.7 Å². The number of rotatable bonds is 12. The van der Waals surface area contributed by atoms with Crippen LogP contribution in [0.3, 0.4) is 0 Å². The Bertz CT molecular complexity index is 1350. The van der Waals surface area contributed by atoms with E-state index >= 15 is 0 Å². The minimum atomic E-state index is -1.29. The van der Waals surface area contributed by atoms with Crippen LogP contribution in [0.2, 0.25) is 0 Å². The highest BCUT2D eigenvalue weighted by Gasteiger charge is 2.52. The fourth-order valence-electron chi connectivity index (χ4n) is 5.51. The average molecular weight is 570 g/mol. The lowest BCUT2D eigenvalue weighted by atomic mass is 9.84. The van der Waals surface area contributed by atoms with Gasteiger partial charge in [-0.1, -0.05) is 60.7 Å². The van der Waals surface area contributed by atoms with Gasteiger partial charge in [0.1, 0.15) is 5.75 Å². The van der Waals surface area contributed by atoms with Gasteiger partial charge in [0.25, 0.3) is 5.91 Å². The smallest absolute Gasteiger partial charge is 0.266 e. The van der Waals surface area contributed by atoms with E-state index in [-0.39, 0.29) is 31.1 Å². The molecule has 0 unspecified atom stereocenters. The van der Waals surface area contributed by atoms with Crippen LogP contribution in [0.5, 0.6) is 5.75 Å². The Hall–Kier alpha value is -3.98. The first-order valence-corrected chi connectivity index (χ1v) is 14.6. The highest BCUT2D eigenvalue weighted by molar-refractivity contribution is 6.01. The summed E-state index contributed by atoms with van der Waals surface area (Å²) in [5.74, 6) is 0.743. The Morgan fingerprint density at radius 3 is 2.31 bits per heavy atom. The number of hydrogen-bond acceptors (Lipinski definition) is 7. The van der Waals surface area contributed by atoms with Crippen LogP contribution in [0.15, 0.2) is 96.5 Å². The molecule has 2 atom stereocenters. The number of benzene rings is 3. The van der Waals surface area contributed by atoms with Crippen molar-refractivity contribution in [1.29, 1.82) is 0 Å². The molecule has 3 aromatic carbocycles. The third kappa shape index (κ3) is 6.73. The predicted octanol–water partition coefficient (Wildman–Crippen LogP) is 4.87. The highest BCUT2D eigenvalue weighted by Crippen LogP contribution is 2.43. The van der Waals surface area contributed by atoms with Gasteiger partial charge in [0, 0.05) is 31.1 Å². The maximum absolute atomic E-state index is 14.0. The zero-order chi connectivity index (χ0) is 29.4. The van der Waals surface area contributed by atoms with Crippen LogP contribution in [-0.2, 0) is 9.53 Å². The van der Waals surface area contributed by atoms with Gasteiger partial charge in [0.2, 0.25) is 5.90 Å². The average Bonchev–Trinajstić information content (AvgIpc) is 3.42. The molecule has 0 spiro atoms. The van der Waals surface area contributed by atoms with Crippen molar-refractivity contribution in [3.8, 4) is 16.9 Å². The van der Waals surface area contributed by atoms with Crippen molar-refractivity contribution in [3.05, 3.63) is 103 Å². The van der Waals surface area contributed by atoms with Gasteiger partial charge >= 0.3 is 0 Å². The van der Waals surface area contributed by atoms with E-state index in [0.717, 1.165) is 35.1 Å². The molecule has 1 heterocycles. The third-order valence-corrected chi connectivity index (χ3v) is 7.89. The molecule has 2 aliphatic rings. The van der Waals surface area contributed by atoms with Crippen LogP contribution in [0.1, 0.15) is 55.8 Å². The van der Waals surface area contributed by atoms with E-state index in [1.54, 1.807) is 6.08 Å². The Kier molecular flexibility index (Phi) is 9.69. The van der Waals surface area contributed by atoms with Crippen molar-refractivity contribution < 1.29 is 24.5 Å². The number of hydrogen-bond donors (Lipinski definition) is 4. The number of ether oxygens (including phenoxy) is 2. The molecule has 1 amide bonds. The number of aliphatic imine (C=N–C) groups is 1. The molecule has 1 aliphatic heterocycles. The molecule has 0 radical (unpaired) electrons. The van der Waals surface area contributed by atoms with Crippen LogP contribution in [0.4, 0.5) is 0 Å². The minimum Gasteiger partial charge on any atom is -0.494 e. The summed E-state index contributed by atoms with van der Waals surface area (Å²) in [5, 5.41) is 18.9. The quantitative estimate of drug-likeness (QED) is 0.141. The van der Waals surface area contributed by atoms with Gasteiger partial charge in [-0.2, -0.15) is 0 Å². The molecule has 1 aliphatic carbocycles. The summed E-state index contributed by atoms with van der Waals surface area (Å²) in [6, 6.07) is 25.6. The molecular formula is C34H39N3O5. The van der Waals surface area contributed by atoms with Crippen LogP contribution in [0, 0.1) is 0 Å². The first-order chi connectivity index (χ1) is 20.5. The van der Waals surface area contributed by atoms with Crippen molar-refractivity contribution in [2.24, 2.45) is 4.99 Å². The molecule has 5 rings (SSSR count). The molecule has 8 nitrogen and oxygen atoms in total. The summed E-state index contributed by atoms with van der Waals surface area (Å²) < 4.78 is 12.2. The number of carbonyl (C=O) groups is 1. The van der Waals surface area contributed by atoms with Gasteiger partial charge in [0.15, 0.2) is 11.6 Å². The molecule has 42 heavy (non-hydrogen) atoms. The second-order valence-electron chi connectivity index (χ2n) is 10.9. The number of hydrazine groups is 1. The zero-order valence-electron chi connectivity index (χ0n) is 23.7. The Morgan fingerprint density at radius 1 is 0.976 bits per heavy atom. The molecule has 0 bridgehead atoms. The number of aliphatic hydroxyl groups excluding tert-OH is 2. The fourth-order valence-corrected chi connectivity index (χ4v) is 5.51. The maximum atomic E-state index is 14.0. The van der Waals surface area contributed by atoms with Crippen LogP contribution in [-0.4, -0.2) is 52.9 Å². The molecule has 3 aromatic rings. The largest absolute Gasteiger partial charge is 0.494 e. The summed E-state index contributed by atoms with van der Waals surface area (Å²) in [4.78, 5) is 19.0. The van der Waals surface area contributed by atoms with Crippen LogP contribution < -0.4 is 15.6 Å². The number of carbonyl (C=O) groups excluding carboxylic acids is 1. The number of nitrogens with zero attached hydrogens (tertiary/aromatic N) is 1. The molecule has 0 saturated heterocycles. The standard InChI is InChI=1S/C34H39N3O5/c1-2-21-34(33(40)37-36-28-15-17-29(39)18-16-28)31(26-11-9-25(10-12-26)24-7-4-3-5-8-24)42-32(35-34)27-13-19-30(20-14-27)41-23-6-22-38/h2-5,7-14,19-20,28-29,31,36,38-39H,1,6,15-18,21-23H2,(H,37,40)/t28?,29?,31-,34-/m0/s1. The fraction of sp³-hybridized carbons (Fsp3) is 0.353. The highest BCUT2D eigenvalue weighted by atomic mass is 16.5. The lowest BCUT2D eigenvalue weighted by Gasteiger charge is -2.32. The van der Waals surface area contributed by atoms with E-state index in [9.17, 15) is 9.90 Å². The predicted molar refractivity (Wildman–Crippen MR) is 163 cm³/mol.